The minimum Gasteiger partial charge on any atom is -0.374 e. The molecule has 1 saturated heterocycles. The fourth-order valence-electron chi connectivity index (χ4n) is 1.89. The Bertz CT molecular complexity index is 600. The lowest BCUT2D eigenvalue weighted by atomic mass is 10.3. The second kappa shape index (κ2) is 6.75. The number of sulfonamides is 1. The molecule has 2 heterocycles. The van der Waals surface area contributed by atoms with Gasteiger partial charge in [-0.2, -0.15) is 4.31 Å². The van der Waals surface area contributed by atoms with Crippen LogP contribution in [0.1, 0.15) is 6.92 Å². The number of nitrogens with one attached hydrogen (secondary N) is 2. The van der Waals surface area contributed by atoms with Crippen molar-refractivity contribution >= 4 is 32.4 Å². The van der Waals surface area contributed by atoms with E-state index < -0.39 is 10.0 Å². The number of rotatable bonds is 5. The van der Waals surface area contributed by atoms with Crippen LogP contribution in [0, 0.1) is 0 Å². The maximum absolute atomic E-state index is 12.5. The number of hydrogen-bond acceptors (Lipinski definition) is 8. The van der Waals surface area contributed by atoms with Crippen LogP contribution in [0.3, 0.4) is 0 Å². The molecular formula is C10H17N5O4S2. The minimum atomic E-state index is -3.71. The van der Waals surface area contributed by atoms with Crippen molar-refractivity contribution in [3.63, 3.8) is 0 Å². The van der Waals surface area contributed by atoms with Gasteiger partial charge in [-0.3, -0.25) is 4.79 Å². The molecule has 1 unspecified atom stereocenters. The van der Waals surface area contributed by atoms with Gasteiger partial charge in [-0.15, -0.1) is 10.2 Å². The van der Waals surface area contributed by atoms with Gasteiger partial charge in [-0.1, -0.05) is 11.3 Å². The summed E-state index contributed by atoms with van der Waals surface area (Å²) in [5.41, 5.74) is 0. The Morgan fingerprint density at radius 1 is 1.52 bits per heavy atom. The van der Waals surface area contributed by atoms with E-state index in [1.807, 2.05) is 0 Å². The van der Waals surface area contributed by atoms with Crippen LogP contribution in [0.2, 0.25) is 0 Å². The number of anilines is 1. The minimum absolute atomic E-state index is 0.128. The van der Waals surface area contributed by atoms with Crippen molar-refractivity contribution in [1.29, 1.82) is 0 Å². The van der Waals surface area contributed by atoms with Crippen LogP contribution in [0.4, 0.5) is 5.13 Å². The van der Waals surface area contributed by atoms with Crippen molar-refractivity contribution in [2.75, 3.05) is 38.6 Å². The van der Waals surface area contributed by atoms with Gasteiger partial charge in [0, 0.05) is 26.6 Å². The fourth-order valence-corrected chi connectivity index (χ4v) is 4.43. The van der Waals surface area contributed by atoms with Crippen molar-refractivity contribution in [3.8, 4) is 0 Å². The Morgan fingerprint density at radius 2 is 2.29 bits per heavy atom. The molecule has 1 fully saturated rings. The van der Waals surface area contributed by atoms with E-state index in [2.05, 4.69) is 20.8 Å². The van der Waals surface area contributed by atoms with E-state index in [4.69, 9.17) is 4.74 Å². The molecule has 0 spiro atoms. The number of carbonyl (C=O) groups is 1. The number of aromatic nitrogens is 2. The van der Waals surface area contributed by atoms with Gasteiger partial charge < -0.3 is 15.4 Å². The van der Waals surface area contributed by atoms with E-state index in [1.165, 1.54) is 11.2 Å². The summed E-state index contributed by atoms with van der Waals surface area (Å²) < 4.78 is 31.6. The van der Waals surface area contributed by atoms with Crippen LogP contribution in [-0.2, 0) is 19.6 Å². The predicted octanol–water partition coefficient (Wildman–Crippen LogP) is -0.895. The summed E-state index contributed by atoms with van der Waals surface area (Å²) in [7, 11) is -1.93. The average Bonchev–Trinajstić information content (AvgIpc) is 2.88. The molecule has 21 heavy (non-hydrogen) atoms. The maximum atomic E-state index is 12.5. The Balaban J connectivity index is 2.13. The highest BCUT2D eigenvalue weighted by Crippen LogP contribution is 2.24. The lowest BCUT2D eigenvalue weighted by molar-refractivity contribution is -0.114. The van der Waals surface area contributed by atoms with Gasteiger partial charge in [0.05, 0.1) is 12.7 Å². The summed E-state index contributed by atoms with van der Waals surface area (Å²) in [6.07, 6.45) is -0.193. The van der Waals surface area contributed by atoms with Crippen molar-refractivity contribution in [3.05, 3.63) is 0 Å². The Hall–Kier alpha value is -1.14. The third-order valence-electron chi connectivity index (χ3n) is 2.78. The predicted molar refractivity (Wildman–Crippen MR) is 76.6 cm³/mol. The van der Waals surface area contributed by atoms with Crippen LogP contribution in [0.15, 0.2) is 4.34 Å². The largest absolute Gasteiger partial charge is 0.374 e. The molecule has 1 aromatic rings. The van der Waals surface area contributed by atoms with Gasteiger partial charge >= 0.3 is 0 Å². The second-order valence-electron chi connectivity index (χ2n) is 4.47. The first-order valence-electron chi connectivity index (χ1n) is 6.31. The molecule has 1 aliphatic heterocycles. The Morgan fingerprint density at radius 3 is 2.95 bits per heavy atom. The molecule has 1 aromatic heterocycles. The first-order valence-corrected chi connectivity index (χ1v) is 8.56. The highest BCUT2D eigenvalue weighted by atomic mass is 32.2. The number of morpholine rings is 1. The van der Waals surface area contributed by atoms with E-state index in [0.29, 0.717) is 13.2 Å². The SMILES string of the molecule is CNCC1CN(S(=O)(=O)c2nnc(NC(C)=O)s2)CCO1. The molecule has 0 bridgehead atoms. The first-order chi connectivity index (χ1) is 9.93. The highest BCUT2D eigenvalue weighted by molar-refractivity contribution is 7.91. The molecule has 1 aliphatic rings. The number of ether oxygens (including phenoxy) is 1. The van der Waals surface area contributed by atoms with Crippen molar-refractivity contribution in [2.24, 2.45) is 0 Å². The molecule has 1 amide bonds. The Kier molecular flexibility index (Phi) is 5.22. The molecule has 118 valence electrons. The van der Waals surface area contributed by atoms with Gasteiger partial charge in [0.1, 0.15) is 0 Å². The summed E-state index contributed by atoms with van der Waals surface area (Å²) in [5, 5.41) is 12.9. The summed E-state index contributed by atoms with van der Waals surface area (Å²) in [4.78, 5) is 10.9. The lowest BCUT2D eigenvalue weighted by Crippen LogP contribution is -2.48. The van der Waals surface area contributed by atoms with Crippen molar-refractivity contribution in [1.82, 2.24) is 19.8 Å². The van der Waals surface area contributed by atoms with E-state index >= 15 is 0 Å². The molecule has 0 saturated carbocycles. The molecular weight excluding hydrogens is 318 g/mol. The summed E-state index contributed by atoms with van der Waals surface area (Å²) in [5.74, 6) is -0.324. The van der Waals surface area contributed by atoms with Crippen LogP contribution in [-0.4, -0.2) is 68.2 Å². The van der Waals surface area contributed by atoms with E-state index in [9.17, 15) is 13.2 Å². The van der Waals surface area contributed by atoms with Crippen LogP contribution < -0.4 is 10.6 Å². The van der Waals surface area contributed by atoms with Gasteiger partial charge in [0.25, 0.3) is 10.0 Å². The smallest absolute Gasteiger partial charge is 0.272 e. The quantitative estimate of drug-likeness (QED) is 0.671. The van der Waals surface area contributed by atoms with Gasteiger partial charge in [-0.25, -0.2) is 8.42 Å². The standard InChI is InChI=1S/C10H17N5O4S2/c1-7(16)12-9-13-14-10(20-9)21(17,18)15-3-4-19-8(6-15)5-11-2/h8,11H,3-6H2,1-2H3,(H,12,13,16). The maximum Gasteiger partial charge on any atom is 0.272 e. The molecule has 1 atom stereocenters. The monoisotopic (exact) mass is 335 g/mol. The molecule has 2 rings (SSSR count). The molecule has 9 nitrogen and oxygen atoms in total. The van der Waals surface area contributed by atoms with E-state index in [0.717, 1.165) is 11.3 Å². The fraction of sp³-hybridized carbons (Fsp3) is 0.700. The molecule has 11 heteroatoms. The van der Waals surface area contributed by atoms with Crippen LogP contribution in [0.5, 0.6) is 0 Å². The van der Waals surface area contributed by atoms with E-state index in [-0.39, 0.29) is 34.6 Å². The zero-order chi connectivity index (χ0) is 15.5. The third-order valence-corrected chi connectivity index (χ3v) is 5.83. The highest BCUT2D eigenvalue weighted by Gasteiger charge is 2.33. The molecule has 0 aliphatic carbocycles. The molecule has 0 radical (unpaired) electrons. The lowest BCUT2D eigenvalue weighted by Gasteiger charge is -2.31. The number of hydrogen-bond donors (Lipinski definition) is 2. The number of amides is 1. The first kappa shape index (κ1) is 16.2. The van der Waals surface area contributed by atoms with Crippen LogP contribution >= 0.6 is 11.3 Å². The van der Waals surface area contributed by atoms with Crippen molar-refractivity contribution in [2.45, 2.75) is 17.4 Å². The number of carbonyl (C=O) groups excluding carboxylic acids is 1. The normalized spacial score (nSPS) is 20.4. The van der Waals surface area contributed by atoms with E-state index in [1.54, 1.807) is 7.05 Å². The molecule has 2 N–H and O–H groups in total. The number of likely N-dealkylation sites (N-methyl/N-ethyl adjacent to an activating group) is 1. The summed E-state index contributed by atoms with van der Waals surface area (Å²) in [6, 6.07) is 0. The Labute approximate surface area is 126 Å². The molecule has 0 aromatic carbocycles. The summed E-state index contributed by atoms with van der Waals surface area (Å²) in [6.45, 7) is 2.76. The van der Waals surface area contributed by atoms with Gasteiger partial charge in [0.2, 0.25) is 15.4 Å². The summed E-state index contributed by atoms with van der Waals surface area (Å²) >= 11 is 0.836. The van der Waals surface area contributed by atoms with Crippen molar-refractivity contribution < 1.29 is 17.9 Å². The number of nitrogens with zero attached hydrogens (tertiary/aromatic N) is 3. The zero-order valence-corrected chi connectivity index (χ0v) is 13.3. The second-order valence-corrected chi connectivity index (χ2v) is 7.56. The van der Waals surface area contributed by atoms with Gasteiger partial charge in [-0.05, 0) is 7.05 Å². The third kappa shape index (κ3) is 3.95. The van der Waals surface area contributed by atoms with Gasteiger partial charge in [0.15, 0.2) is 0 Å². The average molecular weight is 335 g/mol. The topological polar surface area (TPSA) is 114 Å². The van der Waals surface area contributed by atoms with Crippen LogP contribution in [0.25, 0.3) is 0 Å². The zero-order valence-electron chi connectivity index (χ0n) is 11.7.